The van der Waals surface area contributed by atoms with Crippen molar-refractivity contribution in [3.63, 3.8) is 0 Å². The minimum Gasteiger partial charge on any atom is -0.461 e. The Bertz CT molecular complexity index is 421. The number of aliphatic hydroxyl groups is 1. The number of pyridine rings is 1. The Labute approximate surface area is 107 Å². The van der Waals surface area contributed by atoms with Crippen LogP contribution in [0.1, 0.15) is 38.3 Å². The van der Waals surface area contributed by atoms with Crippen molar-refractivity contribution in [3.8, 4) is 5.75 Å². The van der Waals surface area contributed by atoms with Crippen molar-refractivity contribution in [3.05, 3.63) is 23.5 Å². The number of nitrogens with zero attached hydrogens (tertiary/aromatic N) is 1. The second kappa shape index (κ2) is 5.22. The summed E-state index contributed by atoms with van der Waals surface area (Å²) < 4.78 is 11.2. The van der Waals surface area contributed by atoms with Crippen LogP contribution in [0.3, 0.4) is 0 Å². The van der Waals surface area contributed by atoms with Crippen molar-refractivity contribution in [1.29, 1.82) is 0 Å². The highest BCUT2D eigenvalue weighted by atomic mass is 16.7. The Morgan fingerprint density at radius 1 is 1.50 bits per heavy atom. The molecule has 1 aliphatic rings. The predicted molar refractivity (Wildman–Crippen MR) is 67.2 cm³/mol. The SMILES string of the molecule is CCNC[C@H](O)c1ccc2c(n1)COC(C)(C)O2. The molecule has 0 aliphatic carbocycles. The maximum absolute atomic E-state index is 9.95. The molecule has 100 valence electrons. The molecule has 5 nitrogen and oxygen atoms in total. The van der Waals surface area contributed by atoms with E-state index in [2.05, 4.69) is 10.3 Å². The van der Waals surface area contributed by atoms with Crippen molar-refractivity contribution in [1.82, 2.24) is 10.3 Å². The zero-order chi connectivity index (χ0) is 13.2. The highest BCUT2D eigenvalue weighted by Gasteiger charge is 2.28. The van der Waals surface area contributed by atoms with Gasteiger partial charge in [-0.1, -0.05) is 6.92 Å². The van der Waals surface area contributed by atoms with Crippen LogP contribution in [0.25, 0.3) is 0 Å². The first kappa shape index (κ1) is 13.3. The van der Waals surface area contributed by atoms with Gasteiger partial charge in [-0.25, -0.2) is 4.98 Å². The van der Waals surface area contributed by atoms with Gasteiger partial charge in [0.2, 0.25) is 5.79 Å². The summed E-state index contributed by atoms with van der Waals surface area (Å²) in [5.41, 5.74) is 1.38. The van der Waals surface area contributed by atoms with Crippen molar-refractivity contribution >= 4 is 0 Å². The van der Waals surface area contributed by atoms with Crippen LogP contribution in [-0.4, -0.2) is 29.0 Å². The Kier molecular flexibility index (Phi) is 3.85. The number of ether oxygens (including phenoxy) is 2. The summed E-state index contributed by atoms with van der Waals surface area (Å²) in [5, 5.41) is 13.0. The highest BCUT2D eigenvalue weighted by Crippen LogP contribution is 2.30. The Balaban J connectivity index is 2.13. The lowest BCUT2D eigenvalue weighted by molar-refractivity contribution is -0.181. The van der Waals surface area contributed by atoms with Gasteiger partial charge in [-0.3, -0.25) is 0 Å². The molecule has 0 radical (unpaired) electrons. The first-order chi connectivity index (χ1) is 8.52. The van der Waals surface area contributed by atoms with Gasteiger partial charge in [0.1, 0.15) is 17.5 Å². The van der Waals surface area contributed by atoms with Gasteiger partial charge in [0.25, 0.3) is 0 Å². The van der Waals surface area contributed by atoms with Crippen LogP contribution >= 0.6 is 0 Å². The molecule has 0 bridgehead atoms. The van der Waals surface area contributed by atoms with E-state index < -0.39 is 11.9 Å². The second-order valence-electron chi connectivity index (χ2n) is 4.79. The molecule has 1 aliphatic heterocycles. The van der Waals surface area contributed by atoms with Crippen molar-refractivity contribution in [2.75, 3.05) is 13.1 Å². The molecular formula is C13H20N2O3. The molecule has 0 fully saturated rings. The number of rotatable bonds is 4. The molecule has 0 aromatic carbocycles. The van der Waals surface area contributed by atoms with Crippen LogP contribution in [0.2, 0.25) is 0 Å². The van der Waals surface area contributed by atoms with E-state index in [1.165, 1.54) is 0 Å². The molecule has 18 heavy (non-hydrogen) atoms. The van der Waals surface area contributed by atoms with E-state index in [4.69, 9.17) is 9.47 Å². The monoisotopic (exact) mass is 252 g/mol. The maximum atomic E-state index is 9.95. The Hall–Kier alpha value is -1.17. The lowest BCUT2D eigenvalue weighted by Gasteiger charge is -2.32. The van der Waals surface area contributed by atoms with E-state index in [9.17, 15) is 5.11 Å². The number of aromatic nitrogens is 1. The van der Waals surface area contributed by atoms with E-state index >= 15 is 0 Å². The number of hydrogen-bond acceptors (Lipinski definition) is 5. The molecule has 2 N–H and O–H groups in total. The number of fused-ring (bicyclic) bond motifs is 1. The van der Waals surface area contributed by atoms with Gasteiger partial charge >= 0.3 is 0 Å². The Morgan fingerprint density at radius 2 is 2.28 bits per heavy atom. The van der Waals surface area contributed by atoms with E-state index in [1.54, 1.807) is 6.07 Å². The average Bonchev–Trinajstić information content (AvgIpc) is 2.34. The smallest absolute Gasteiger partial charge is 0.205 e. The van der Waals surface area contributed by atoms with Crippen molar-refractivity contribution in [2.24, 2.45) is 0 Å². The third-order valence-electron chi connectivity index (χ3n) is 2.80. The average molecular weight is 252 g/mol. The van der Waals surface area contributed by atoms with Gasteiger partial charge in [0.05, 0.1) is 12.3 Å². The fourth-order valence-electron chi connectivity index (χ4n) is 1.81. The Morgan fingerprint density at radius 3 is 3.00 bits per heavy atom. The molecular weight excluding hydrogens is 232 g/mol. The quantitative estimate of drug-likeness (QED) is 0.847. The molecule has 1 aromatic heterocycles. The first-order valence-corrected chi connectivity index (χ1v) is 6.23. The van der Waals surface area contributed by atoms with Crippen LogP contribution in [0.5, 0.6) is 5.75 Å². The molecule has 0 unspecified atom stereocenters. The van der Waals surface area contributed by atoms with Gasteiger partial charge < -0.3 is 19.9 Å². The summed E-state index contributed by atoms with van der Waals surface area (Å²) in [6, 6.07) is 3.64. The van der Waals surface area contributed by atoms with Crippen LogP contribution in [0.4, 0.5) is 0 Å². The van der Waals surface area contributed by atoms with Crippen molar-refractivity contribution < 1.29 is 14.6 Å². The fourth-order valence-corrected chi connectivity index (χ4v) is 1.81. The molecule has 2 rings (SSSR count). The topological polar surface area (TPSA) is 63.6 Å². The minimum atomic E-state index is -0.613. The number of nitrogens with one attached hydrogen (secondary N) is 1. The second-order valence-corrected chi connectivity index (χ2v) is 4.79. The summed E-state index contributed by atoms with van der Waals surface area (Å²) in [5.74, 6) is 0.115. The summed E-state index contributed by atoms with van der Waals surface area (Å²) in [6.07, 6.45) is -0.606. The molecule has 5 heteroatoms. The van der Waals surface area contributed by atoms with Crippen LogP contribution in [-0.2, 0) is 11.3 Å². The number of aliphatic hydroxyl groups excluding tert-OH is 1. The summed E-state index contributed by atoms with van der Waals surface area (Å²) >= 11 is 0. The molecule has 1 aromatic rings. The normalized spacial score (nSPS) is 18.9. The number of likely N-dealkylation sites (N-methyl/N-ethyl adjacent to an activating group) is 1. The minimum absolute atomic E-state index is 0.407. The van der Waals surface area contributed by atoms with E-state index in [0.29, 0.717) is 18.8 Å². The standard InChI is InChI=1S/C13H20N2O3/c1-4-14-7-11(16)9-5-6-12-10(15-9)8-17-13(2,3)18-12/h5-6,11,14,16H,4,7-8H2,1-3H3/t11-/m0/s1. The van der Waals surface area contributed by atoms with Gasteiger partial charge in [-0.15, -0.1) is 0 Å². The van der Waals surface area contributed by atoms with Crippen LogP contribution < -0.4 is 10.1 Å². The maximum Gasteiger partial charge on any atom is 0.205 e. The lowest BCUT2D eigenvalue weighted by Crippen LogP contribution is -2.36. The molecule has 0 saturated carbocycles. The molecule has 0 amide bonds. The molecule has 0 saturated heterocycles. The zero-order valence-electron chi connectivity index (χ0n) is 11.1. The summed E-state index contributed by atoms with van der Waals surface area (Å²) in [4.78, 5) is 4.39. The first-order valence-electron chi connectivity index (χ1n) is 6.23. The number of hydrogen-bond donors (Lipinski definition) is 2. The lowest BCUT2D eigenvalue weighted by atomic mass is 10.2. The van der Waals surface area contributed by atoms with E-state index in [0.717, 1.165) is 18.0 Å². The van der Waals surface area contributed by atoms with Crippen LogP contribution in [0.15, 0.2) is 12.1 Å². The van der Waals surface area contributed by atoms with Crippen molar-refractivity contribution in [2.45, 2.75) is 39.3 Å². The molecule has 0 spiro atoms. The third kappa shape index (κ3) is 2.98. The van der Waals surface area contributed by atoms with Gasteiger partial charge in [-0.2, -0.15) is 0 Å². The van der Waals surface area contributed by atoms with Gasteiger partial charge in [0, 0.05) is 20.4 Å². The summed E-state index contributed by atoms with van der Waals surface area (Å²) in [6.45, 7) is 7.45. The van der Waals surface area contributed by atoms with Gasteiger partial charge in [0.15, 0.2) is 0 Å². The zero-order valence-corrected chi connectivity index (χ0v) is 11.1. The van der Waals surface area contributed by atoms with Gasteiger partial charge in [-0.05, 0) is 18.7 Å². The van der Waals surface area contributed by atoms with Crippen LogP contribution in [0, 0.1) is 0 Å². The summed E-state index contributed by atoms with van der Waals surface area (Å²) in [7, 11) is 0. The third-order valence-corrected chi connectivity index (χ3v) is 2.80. The molecule has 1 atom stereocenters. The largest absolute Gasteiger partial charge is 0.461 e. The molecule has 2 heterocycles. The van der Waals surface area contributed by atoms with E-state index in [-0.39, 0.29) is 0 Å². The van der Waals surface area contributed by atoms with E-state index in [1.807, 2.05) is 26.8 Å². The fraction of sp³-hybridized carbons (Fsp3) is 0.615. The highest BCUT2D eigenvalue weighted by molar-refractivity contribution is 5.31. The predicted octanol–water partition coefficient (Wildman–Crippen LogP) is 1.37.